The first-order chi connectivity index (χ1) is 9.51. The lowest BCUT2D eigenvalue weighted by atomic mass is 9.78. The van der Waals surface area contributed by atoms with Gasteiger partial charge in [0.05, 0.1) is 15.9 Å². The molecule has 0 bridgehead atoms. The minimum Gasteiger partial charge on any atom is -0.304 e. The van der Waals surface area contributed by atoms with Crippen LogP contribution in [0.3, 0.4) is 0 Å². The summed E-state index contributed by atoms with van der Waals surface area (Å²) < 4.78 is 3.19. The first kappa shape index (κ1) is 16.3. The SMILES string of the molecule is CCn1nc(C)c(Br)c1CNC1(CCl)CCC(C)CC1. The standard InChI is InChI=1S/C15H25BrClN3/c1-4-20-13(14(16)12(3)19-20)9-18-15(10-17)7-5-11(2)6-8-15/h11,18H,4-10H2,1-3H3. The van der Waals surface area contributed by atoms with Gasteiger partial charge in [0.25, 0.3) is 0 Å². The Hall–Kier alpha value is -0.0600. The van der Waals surface area contributed by atoms with Crippen LogP contribution in [0.15, 0.2) is 4.47 Å². The van der Waals surface area contributed by atoms with Crippen LogP contribution in [-0.2, 0) is 13.1 Å². The Morgan fingerprint density at radius 3 is 2.65 bits per heavy atom. The summed E-state index contributed by atoms with van der Waals surface area (Å²) in [5.41, 5.74) is 2.39. The normalized spacial score (nSPS) is 26.9. The van der Waals surface area contributed by atoms with Crippen molar-refractivity contribution in [3.05, 3.63) is 15.9 Å². The third-order valence-electron chi connectivity index (χ3n) is 4.57. The number of halogens is 2. The van der Waals surface area contributed by atoms with Gasteiger partial charge in [0, 0.05) is 24.5 Å². The number of hydrogen-bond donors (Lipinski definition) is 1. The van der Waals surface area contributed by atoms with Crippen molar-refractivity contribution in [3.8, 4) is 0 Å². The zero-order valence-corrected chi connectivity index (χ0v) is 15.0. The van der Waals surface area contributed by atoms with Gasteiger partial charge in [0.15, 0.2) is 0 Å². The number of hydrogen-bond acceptors (Lipinski definition) is 2. The predicted octanol–water partition coefficient (Wildman–Crippen LogP) is 4.25. The average molecular weight is 363 g/mol. The van der Waals surface area contributed by atoms with Gasteiger partial charge in [0.2, 0.25) is 0 Å². The molecular weight excluding hydrogens is 338 g/mol. The largest absolute Gasteiger partial charge is 0.304 e. The third-order valence-corrected chi connectivity index (χ3v) is 6.11. The van der Waals surface area contributed by atoms with Crippen LogP contribution >= 0.6 is 27.5 Å². The Labute approximate surface area is 135 Å². The predicted molar refractivity (Wildman–Crippen MR) is 88.3 cm³/mol. The van der Waals surface area contributed by atoms with Crippen LogP contribution in [0.25, 0.3) is 0 Å². The lowest BCUT2D eigenvalue weighted by Gasteiger charge is -2.39. The second kappa shape index (κ2) is 6.80. The van der Waals surface area contributed by atoms with Crippen molar-refractivity contribution >= 4 is 27.5 Å². The molecule has 2 rings (SSSR count). The summed E-state index contributed by atoms with van der Waals surface area (Å²) in [4.78, 5) is 0. The molecule has 0 aliphatic heterocycles. The molecule has 0 aromatic carbocycles. The summed E-state index contributed by atoms with van der Waals surface area (Å²) in [5, 5.41) is 8.28. The molecule has 5 heteroatoms. The van der Waals surface area contributed by atoms with Crippen LogP contribution in [0.5, 0.6) is 0 Å². The van der Waals surface area contributed by atoms with E-state index in [0.717, 1.165) is 29.2 Å². The second-order valence-corrected chi connectivity index (χ2v) is 7.17. The molecule has 1 fully saturated rings. The van der Waals surface area contributed by atoms with Crippen LogP contribution in [0, 0.1) is 12.8 Å². The number of alkyl halides is 1. The Kier molecular flexibility index (Phi) is 5.55. The van der Waals surface area contributed by atoms with E-state index in [2.05, 4.69) is 44.9 Å². The highest BCUT2D eigenvalue weighted by Gasteiger charge is 2.33. The first-order valence-electron chi connectivity index (χ1n) is 7.54. The quantitative estimate of drug-likeness (QED) is 0.794. The van der Waals surface area contributed by atoms with Crippen molar-refractivity contribution in [2.75, 3.05) is 5.88 Å². The summed E-state index contributed by atoms with van der Waals surface area (Å²) >= 11 is 9.93. The number of rotatable bonds is 5. The van der Waals surface area contributed by atoms with Crippen molar-refractivity contribution in [2.45, 2.75) is 65.1 Å². The molecule has 0 spiro atoms. The topological polar surface area (TPSA) is 29.9 Å². The summed E-state index contributed by atoms with van der Waals surface area (Å²) in [7, 11) is 0. The molecule has 0 amide bonds. The lowest BCUT2D eigenvalue weighted by Crippen LogP contribution is -2.49. The molecule has 0 atom stereocenters. The molecule has 1 aromatic rings. The highest BCUT2D eigenvalue weighted by molar-refractivity contribution is 9.10. The van der Waals surface area contributed by atoms with Gasteiger partial charge in [-0.15, -0.1) is 11.6 Å². The summed E-state index contributed by atoms with van der Waals surface area (Å²) in [5.74, 6) is 1.53. The van der Waals surface area contributed by atoms with Gasteiger partial charge in [-0.1, -0.05) is 6.92 Å². The number of nitrogens with one attached hydrogen (secondary N) is 1. The van der Waals surface area contributed by atoms with E-state index in [1.165, 1.54) is 31.4 Å². The van der Waals surface area contributed by atoms with Crippen LogP contribution in [0.4, 0.5) is 0 Å². The molecule has 1 saturated carbocycles. The third kappa shape index (κ3) is 3.40. The van der Waals surface area contributed by atoms with E-state index < -0.39 is 0 Å². The number of nitrogens with zero attached hydrogens (tertiary/aromatic N) is 2. The zero-order valence-electron chi connectivity index (χ0n) is 12.7. The van der Waals surface area contributed by atoms with Crippen LogP contribution in [0.1, 0.15) is 50.9 Å². The minimum atomic E-state index is 0.101. The number of aryl methyl sites for hydroxylation is 2. The van der Waals surface area contributed by atoms with Gasteiger partial charge in [-0.3, -0.25) is 4.68 Å². The molecule has 0 radical (unpaired) electrons. The number of aromatic nitrogens is 2. The molecule has 3 nitrogen and oxygen atoms in total. The maximum absolute atomic E-state index is 6.27. The molecule has 1 aromatic heterocycles. The average Bonchev–Trinajstić information content (AvgIpc) is 2.74. The lowest BCUT2D eigenvalue weighted by molar-refractivity contribution is 0.214. The fourth-order valence-electron chi connectivity index (χ4n) is 2.98. The summed E-state index contributed by atoms with van der Waals surface area (Å²) in [6, 6.07) is 0. The smallest absolute Gasteiger partial charge is 0.0739 e. The van der Waals surface area contributed by atoms with Crippen LogP contribution < -0.4 is 5.32 Å². The molecule has 1 heterocycles. The highest BCUT2D eigenvalue weighted by atomic mass is 79.9. The highest BCUT2D eigenvalue weighted by Crippen LogP contribution is 2.33. The Bertz CT molecular complexity index is 450. The molecule has 1 aliphatic rings. The first-order valence-corrected chi connectivity index (χ1v) is 8.87. The van der Waals surface area contributed by atoms with Crippen molar-refractivity contribution < 1.29 is 0 Å². The molecule has 1 N–H and O–H groups in total. The van der Waals surface area contributed by atoms with Gasteiger partial charge in [-0.05, 0) is 61.4 Å². The summed E-state index contributed by atoms with van der Waals surface area (Å²) in [6.07, 6.45) is 4.89. The van der Waals surface area contributed by atoms with E-state index >= 15 is 0 Å². The molecule has 20 heavy (non-hydrogen) atoms. The van der Waals surface area contributed by atoms with Gasteiger partial charge in [-0.2, -0.15) is 5.10 Å². The molecule has 0 saturated heterocycles. The molecular formula is C15H25BrClN3. The maximum atomic E-state index is 6.27. The van der Waals surface area contributed by atoms with E-state index in [-0.39, 0.29) is 5.54 Å². The Balaban J connectivity index is 2.07. The monoisotopic (exact) mass is 361 g/mol. The van der Waals surface area contributed by atoms with Crippen LogP contribution in [-0.4, -0.2) is 21.2 Å². The molecule has 114 valence electrons. The van der Waals surface area contributed by atoms with Gasteiger partial charge < -0.3 is 5.32 Å². The van der Waals surface area contributed by atoms with Crippen molar-refractivity contribution in [2.24, 2.45) is 5.92 Å². The Morgan fingerprint density at radius 1 is 1.45 bits per heavy atom. The fraction of sp³-hybridized carbons (Fsp3) is 0.800. The Morgan fingerprint density at radius 2 is 2.10 bits per heavy atom. The molecule has 1 aliphatic carbocycles. The van der Waals surface area contributed by atoms with E-state index in [1.54, 1.807) is 0 Å². The minimum absolute atomic E-state index is 0.101. The van der Waals surface area contributed by atoms with Crippen molar-refractivity contribution in [1.82, 2.24) is 15.1 Å². The summed E-state index contributed by atoms with van der Waals surface area (Å²) in [6.45, 7) is 8.23. The fourth-order valence-corrected chi connectivity index (χ4v) is 3.77. The maximum Gasteiger partial charge on any atom is 0.0739 e. The van der Waals surface area contributed by atoms with Gasteiger partial charge >= 0.3 is 0 Å². The van der Waals surface area contributed by atoms with Crippen molar-refractivity contribution in [1.29, 1.82) is 0 Å². The van der Waals surface area contributed by atoms with Crippen molar-refractivity contribution in [3.63, 3.8) is 0 Å². The van der Waals surface area contributed by atoms with Gasteiger partial charge in [0.1, 0.15) is 0 Å². The zero-order chi connectivity index (χ0) is 14.8. The molecule has 0 unspecified atom stereocenters. The second-order valence-electron chi connectivity index (χ2n) is 6.11. The van der Waals surface area contributed by atoms with Crippen LogP contribution in [0.2, 0.25) is 0 Å². The van der Waals surface area contributed by atoms with E-state index in [9.17, 15) is 0 Å². The van der Waals surface area contributed by atoms with E-state index in [0.29, 0.717) is 5.88 Å². The van der Waals surface area contributed by atoms with Gasteiger partial charge in [-0.25, -0.2) is 0 Å². The van der Waals surface area contributed by atoms with E-state index in [4.69, 9.17) is 11.6 Å². The van der Waals surface area contributed by atoms with E-state index in [1.807, 2.05) is 6.92 Å².